The number of hydrogen-bond acceptors (Lipinski definition) is 2. The second-order valence-corrected chi connectivity index (χ2v) is 6.79. The summed E-state index contributed by atoms with van der Waals surface area (Å²) in [4.78, 5) is 0. The molecule has 1 nitrogen and oxygen atoms in total. The highest BCUT2D eigenvalue weighted by Crippen LogP contribution is 2.32. The van der Waals surface area contributed by atoms with Gasteiger partial charge in [0.25, 0.3) is 0 Å². The standard InChI is InChI=1S/C14H19Cl2NS/c1-9(11-8-10(15)6-7-12(11)16)17-13-4-3-5-14(13)18-2/h6-9,13-14,17H,3-5H2,1-2H3. The summed E-state index contributed by atoms with van der Waals surface area (Å²) in [6.45, 7) is 2.16. The lowest BCUT2D eigenvalue weighted by atomic mass is 10.1. The van der Waals surface area contributed by atoms with Gasteiger partial charge in [-0.05, 0) is 49.8 Å². The van der Waals surface area contributed by atoms with Crippen LogP contribution in [0.15, 0.2) is 18.2 Å². The van der Waals surface area contributed by atoms with Crippen LogP contribution < -0.4 is 5.32 Å². The van der Waals surface area contributed by atoms with Crippen LogP contribution in [0.4, 0.5) is 0 Å². The maximum Gasteiger partial charge on any atom is 0.0454 e. The van der Waals surface area contributed by atoms with Gasteiger partial charge in [-0.3, -0.25) is 0 Å². The Morgan fingerprint density at radius 2 is 2.11 bits per heavy atom. The van der Waals surface area contributed by atoms with E-state index in [9.17, 15) is 0 Å². The molecule has 0 saturated heterocycles. The third kappa shape index (κ3) is 3.36. The molecular weight excluding hydrogens is 285 g/mol. The highest BCUT2D eigenvalue weighted by molar-refractivity contribution is 7.99. The summed E-state index contributed by atoms with van der Waals surface area (Å²) in [5, 5.41) is 5.96. The Kier molecular flexibility index (Phi) is 5.25. The van der Waals surface area contributed by atoms with E-state index >= 15 is 0 Å². The molecule has 0 amide bonds. The number of nitrogens with one attached hydrogen (secondary N) is 1. The van der Waals surface area contributed by atoms with Gasteiger partial charge < -0.3 is 5.32 Å². The maximum atomic E-state index is 6.24. The summed E-state index contributed by atoms with van der Waals surface area (Å²) in [7, 11) is 0. The Labute approximate surface area is 124 Å². The van der Waals surface area contributed by atoms with Gasteiger partial charge in [-0.2, -0.15) is 11.8 Å². The largest absolute Gasteiger partial charge is 0.306 e. The van der Waals surface area contributed by atoms with E-state index in [0.29, 0.717) is 6.04 Å². The van der Waals surface area contributed by atoms with E-state index in [1.807, 2.05) is 30.0 Å². The number of halogens is 2. The average Bonchev–Trinajstić information content (AvgIpc) is 2.79. The maximum absolute atomic E-state index is 6.24. The molecule has 3 unspecified atom stereocenters. The van der Waals surface area contributed by atoms with Gasteiger partial charge in [0, 0.05) is 27.4 Å². The minimum atomic E-state index is 0.244. The van der Waals surface area contributed by atoms with Crippen molar-refractivity contribution in [1.29, 1.82) is 0 Å². The zero-order valence-corrected chi connectivity index (χ0v) is 13.1. The fraction of sp³-hybridized carbons (Fsp3) is 0.571. The Balaban J connectivity index is 2.07. The van der Waals surface area contributed by atoms with Crippen LogP contribution in [0.1, 0.15) is 37.8 Å². The van der Waals surface area contributed by atoms with Crippen LogP contribution in [-0.4, -0.2) is 17.5 Å². The topological polar surface area (TPSA) is 12.0 Å². The van der Waals surface area contributed by atoms with Crippen molar-refractivity contribution in [3.63, 3.8) is 0 Å². The second-order valence-electron chi connectivity index (χ2n) is 4.87. The molecule has 1 saturated carbocycles. The fourth-order valence-electron chi connectivity index (χ4n) is 2.66. The van der Waals surface area contributed by atoms with E-state index in [1.54, 1.807) is 0 Å². The molecule has 0 radical (unpaired) electrons. The third-order valence-corrected chi connectivity index (χ3v) is 5.39. The minimum absolute atomic E-state index is 0.244. The molecule has 1 aliphatic carbocycles. The van der Waals surface area contributed by atoms with Gasteiger partial charge >= 0.3 is 0 Å². The van der Waals surface area contributed by atoms with Crippen LogP contribution >= 0.6 is 35.0 Å². The first-order valence-corrected chi connectivity index (χ1v) is 8.40. The molecule has 4 heteroatoms. The van der Waals surface area contributed by atoms with Crippen LogP contribution in [0, 0.1) is 0 Å². The van der Waals surface area contributed by atoms with Gasteiger partial charge in [0.1, 0.15) is 0 Å². The SMILES string of the molecule is CSC1CCCC1NC(C)c1cc(Cl)ccc1Cl. The zero-order valence-electron chi connectivity index (χ0n) is 10.7. The Morgan fingerprint density at radius 3 is 2.83 bits per heavy atom. The molecule has 2 rings (SSSR count). The average molecular weight is 304 g/mol. The summed E-state index contributed by atoms with van der Waals surface area (Å²) in [5.74, 6) is 0. The number of thioether (sulfide) groups is 1. The molecular formula is C14H19Cl2NS. The molecule has 100 valence electrons. The highest BCUT2D eigenvalue weighted by atomic mass is 35.5. The summed E-state index contributed by atoms with van der Waals surface area (Å²) in [5.41, 5.74) is 1.09. The minimum Gasteiger partial charge on any atom is -0.306 e. The van der Waals surface area contributed by atoms with E-state index in [2.05, 4.69) is 18.5 Å². The molecule has 0 bridgehead atoms. The van der Waals surface area contributed by atoms with Gasteiger partial charge in [0.2, 0.25) is 0 Å². The lowest BCUT2D eigenvalue weighted by molar-refractivity contribution is 0.467. The Bertz CT molecular complexity index is 411. The number of benzene rings is 1. The zero-order chi connectivity index (χ0) is 13.1. The molecule has 0 heterocycles. The van der Waals surface area contributed by atoms with E-state index in [0.717, 1.165) is 20.9 Å². The molecule has 3 atom stereocenters. The van der Waals surface area contributed by atoms with Crippen LogP contribution in [-0.2, 0) is 0 Å². The summed E-state index contributed by atoms with van der Waals surface area (Å²) < 4.78 is 0. The molecule has 0 spiro atoms. The number of hydrogen-bond donors (Lipinski definition) is 1. The van der Waals surface area contributed by atoms with Crippen molar-refractivity contribution in [1.82, 2.24) is 5.32 Å². The summed E-state index contributed by atoms with van der Waals surface area (Å²) in [6.07, 6.45) is 6.09. The Hall–Kier alpha value is 0.110. The van der Waals surface area contributed by atoms with Gasteiger partial charge in [-0.25, -0.2) is 0 Å². The van der Waals surface area contributed by atoms with Gasteiger partial charge in [0.15, 0.2) is 0 Å². The van der Waals surface area contributed by atoms with E-state index in [1.165, 1.54) is 19.3 Å². The molecule has 18 heavy (non-hydrogen) atoms. The smallest absolute Gasteiger partial charge is 0.0454 e. The Morgan fingerprint density at radius 1 is 1.33 bits per heavy atom. The molecule has 1 aliphatic rings. The lowest BCUT2D eigenvalue weighted by Crippen LogP contribution is -2.35. The van der Waals surface area contributed by atoms with Crippen molar-refractivity contribution in [3.05, 3.63) is 33.8 Å². The number of rotatable bonds is 4. The van der Waals surface area contributed by atoms with E-state index in [4.69, 9.17) is 23.2 Å². The van der Waals surface area contributed by atoms with Crippen LogP contribution in [0.3, 0.4) is 0 Å². The molecule has 1 N–H and O–H groups in total. The molecule has 1 fully saturated rings. The predicted octanol–water partition coefficient (Wildman–Crippen LogP) is 4.93. The fourth-order valence-corrected chi connectivity index (χ4v) is 4.06. The van der Waals surface area contributed by atoms with Crippen molar-refractivity contribution in [2.45, 2.75) is 43.5 Å². The first-order valence-electron chi connectivity index (χ1n) is 6.35. The van der Waals surface area contributed by atoms with Crippen LogP contribution in [0.5, 0.6) is 0 Å². The van der Waals surface area contributed by atoms with Crippen LogP contribution in [0.25, 0.3) is 0 Å². The van der Waals surface area contributed by atoms with Crippen molar-refractivity contribution in [2.75, 3.05) is 6.26 Å². The van der Waals surface area contributed by atoms with E-state index < -0.39 is 0 Å². The van der Waals surface area contributed by atoms with Crippen molar-refractivity contribution >= 4 is 35.0 Å². The van der Waals surface area contributed by atoms with Gasteiger partial charge in [-0.15, -0.1) is 0 Å². The molecule has 0 aromatic heterocycles. The molecule has 1 aromatic rings. The van der Waals surface area contributed by atoms with Crippen molar-refractivity contribution in [2.24, 2.45) is 0 Å². The third-order valence-electron chi connectivity index (χ3n) is 3.64. The predicted molar refractivity (Wildman–Crippen MR) is 83.0 cm³/mol. The lowest BCUT2D eigenvalue weighted by Gasteiger charge is -2.25. The first-order chi connectivity index (χ1) is 8.61. The van der Waals surface area contributed by atoms with Gasteiger partial charge in [0.05, 0.1) is 0 Å². The monoisotopic (exact) mass is 303 g/mol. The highest BCUT2D eigenvalue weighted by Gasteiger charge is 2.27. The summed E-state index contributed by atoms with van der Waals surface area (Å²) in [6, 6.07) is 6.50. The van der Waals surface area contributed by atoms with Crippen molar-refractivity contribution in [3.8, 4) is 0 Å². The van der Waals surface area contributed by atoms with Crippen molar-refractivity contribution < 1.29 is 0 Å². The molecule has 1 aromatic carbocycles. The summed E-state index contributed by atoms with van der Waals surface area (Å²) >= 11 is 14.2. The second kappa shape index (κ2) is 6.51. The van der Waals surface area contributed by atoms with Crippen LogP contribution in [0.2, 0.25) is 10.0 Å². The van der Waals surface area contributed by atoms with Gasteiger partial charge in [-0.1, -0.05) is 29.6 Å². The van der Waals surface area contributed by atoms with E-state index in [-0.39, 0.29) is 6.04 Å². The normalized spacial score (nSPS) is 25.3. The molecule has 0 aliphatic heterocycles. The first kappa shape index (κ1) is 14.5. The quantitative estimate of drug-likeness (QED) is 0.846.